The molecule has 0 aromatic carbocycles. The van der Waals surface area contributed by atoms with Crippen molar-refractivity contribution in [2.45, 2.75) is 53.0 Å². The first-order chi connectivity index (χ1) is 8.06. The van der Waals surface area contributed by atoms with Crippen molar-refractivity contribution in [2.75, 3.05) is 0 Å². The van der Waals surface area contributed by atoms with E-state index in [-0.39, 0.29) is 11.3 Å². The Morgan fingerprint density at radius 2 is 2.35 bits per heavy atom. The molecule has 1 aliphatic rings. The van der Waals surface area contributed by atoms with Gasteiger partial charge in [-0.1, -0.05) is 27.2 Å². The second kappa shape index (κ2) is 4.63. The fraction of sp³-hybridized carbons (Fsp3) is 0.714. The highest BCUT2D eigenvalue weighted by Crippen LogP contribution is 2.44. The van der Waals surface area contributed by atoms with Gasteiger partial charge in [0.25, 0.3) is 0 Å². The molecule has 2 rings (SSSR count). The lowest BCUT2D eigenvalue weighted by atomic mass is 9.78. The Morgan fingerprint density at radius 3 is 2.94 bits per heavy atom. The number of carbonyl (C=O) groups excluding carboxylic acids is 1. The first-order valence-corrected chi connectivity index (χ1v) is 6.62. The van der Waals surface area contributed by atoms with Crippen LogP contribution in [0.15, 0.2) is 12.3 Å². The zero-order valence-electron chi connectivity index (χ0n) is 11.1. The van der Waals surface area contributed by atoms with Gasteiger partial charge in [0.05, 0.1) is 0 Å². The van der Waals surface area contributed by atoms with E-state index < -0.39 is 0 Å². The van der Waals surface area contributed by atoms with E-state index in [4.69, 9.17) is 0 Å². The molecule has 3 heteroatoms. The fourth-order valence-corrected chi connectivity index (χ4v) is 2.92. The van der Waals surface area contributed by atoms with E-state index in [2.05, 4.69) is 25.9 Å². The number of hydrogen-bond acceptors (Lipinski definition) is 2. The maximum Gasteiger partial charge on any atom is 0.184 e. The van der Waals surface area contributed by atoms with Crippen molar-refractivity contribution in [3.05, 3.63) is 18.0 Å². The minimum Gasteiger partial charge on any atom is -0.292 e. The third kappa shape index (κ3) is 2.28. The quantitative estimate of drug-likeness (QED) is 0.749. The number of hydrogen-bond donors (Lipinski definition) is 0. The molecule has 94 valence electrons. The highest BCUT2D eigenvalue weighted by molar-refractivity contribution is 5.97. The van der Waals surface area contributed by atoms with Crippen molar-refractivity contribution < 1.29 is 4.79 Å². The lowest BCUT2D eigenvalue weighted by Gasteiger charge is -2.25. The molecule has 0 N–H and O–H groups in total. The standard InChI is InChI=1S/C14H22N2O/c1-4-10-16-12(7-9-15-16)13(17)11-6-5-8-14(11,2)3/h7,9,11H,4-6,8,10H2,1-3H3. The van der Waals surface area contributed by atoms with Crippen LogP contribution in [0.2, 0.25) is 0 Å². The van der Waals surface area contributed by atoms with Crippen LogP contribution >= 0.6 is 0 Å². The lowest BCUT2D eigenvalue weighted by Crippen LogP contribution is -2.27. The number of carbonyl (C=O) groups is 1. The molecule has 1 aromatic rings. The van der Waals surface area contributed by atoms with Crippen LogP contribution in [-0.2, 0) is 6.54 Å². The molecule has 1 heterocycles. The van der Waals surface area contributed by atoms with Crippen molar-refractivity contribution in [1.82, 2.24) is 9.78 Å². The molecule has 0 aliphatic heterocycles. The second-order valence-corrected chi connectivity index (χ2v) is 5.74. The zero-order chi connectivity index (χ0) is 12.5. The molecule has 1 unspecified atom stereocenters. The Kier molecular flexibility index (Phi) is 3.36. The topological polar surface area (TPSA) is 34.9 Å². The van der Waals surface area contributed by atoms with E-state index in [1.54, 1.807) is 6.20 Å². The Bertz CT molecular complexity index is 406. The third-order valence-corrected chi connectivity index (χ3v) is 3.98. The zero-order valence-corrected chi connectivity index (χ0v) is 11.1. The number of nitrogens with zero attached hydrogens (tertiary/aromatic N) is 2. The van der Waals surface area contributed by atoms with E-state index in [9.17, 15) is 4.79 Å². The summed E-state index contributed by atoms with van der Waals surface area (Å²) in [7, 11) is 0. The maximum absolute atomic E-state index is 12.6. The summed E-state index contributed by atoms with van der Waals surface area (Å²) >= 11 is 0. The summed E-state index contributed by atoms with van der Waals surface area (Å²) < 4.78 is 1.86. The Morgan fingerprint density at radius 1 is 1.59 bits per heavy atom. The molecule has 1 fully saturated rings. The minimum absolute atomic E-state index is 0.151. The second-order valence-electron chi connectivity index (χ2n) is 5.74. The molecular formula is C14H22N2O. The van der Waals surface area contributed by atoms with Gasteiger partial charge in [-0.05, 0) is 30.7 Å². The molecule has 1 saturated carbocycles. The van der Waals surface area contributed by atoms with Crippen molar-refractivity contribution >= 4 is 5.78 Å². The highest BCUT2D eigenvalue weighted by Gasteiger charge is 2.40. The Labute approximate surface area is 103 Å². The van der Waals surface area contributed by atoms with Crippen LogP contribution in [0.4, 0.5) is 0 Å². The Balaban J connectivity index is 2.22. The maximum atomic E-state index is 12.6. The highest BCUT2D eigenvalue weighted by atomic mass is 16.1. The largest absolute Gasteiger partial charge is 0.292 e. The number of aromatic nitrogens is 2. The van der Waals surface area contributed by atoms with E-state index >= 15 is 0 Å². The van der Waals surface area contributed by atoms with Crippen LogP contribution in [0.5, 0.6) is 0 Å². The van der Waals surface area contributed by atoms with Gasteiger partial charge in [0.2, 0.25) is 0 Å². The summed E-state index contributed by atoms with van der Waals surface area (Å²) in [4.78, 5) is 12.6. The Hall–Kier alpha value is -1.12. The summed E-state index contributed by atoms with van der Waals surface area (Å²) in [6, 6.07) is 1.87. The minimum atomic E-state index is 0.151. The smallest absolute Gasteiger partial charge is 0.184 e. The molecule has 0 spiro atoms. The van der Waals surface area contributed by atoms with Crippen LogP contribution in [0.1, 0.15) is 56.9 Å². The van der Waals surface area contributed by atoms with Crippen LogP contribution in [0.3, 0.4) is 0 Å². The molecule has 0 saturated heterocycles. The van der Waals surface area contributed by atoms with Crippen molar-refractivity contribution in [1.29, 1.82) is 0 Å². The van der Waals surface area contributed by atoms with Gasteiger partial charge in [-0.15, -0.1) is 0 Å². The van der Waals surface area contributed by atoms with Gasteiger partial charge in [-0.2, -0.15) is 5.10 Å². The molecule has 1 atom stereocenters. The summed E-state index contributed by atoms with van der Waals surface area (Å²) in [5.41, 5.74) is 0.949. The summed E-state index contributed by atoms with van der Waals surface area (Å²) in [6.07, 6.45) is 6.11. The molecular weight excluding hydrogens is 212 g/mol. The van der Waals surface area contributed by atoms with Gasteiger partial charge in [0.1, 0.15) is 5.69 Å². The van der Waals surface area contributed by atoms with Gasteiger partial charge in [0, 0.05) is 18.7 Å². The van der Waals surface area contributed by atoms with Gasteiger partial charge in [-0.25, -0.2) is 0 Å². The van der Waals surface area contributed by atoms with Crippen molar-refractivity contribution in [3.8, 4) is 0 Å². The average Bonchev–Trinajstić information content (AvgIpc) is 2.84. The van der Waals surface area contributed by atoms with Crippen molar-refractivity contribution in [2.24, 2.45) is 11.3 Å². The lowest BCUT2D eigenvalue weighted by molar-refractivity contribution is 0.0827. The van der Waals surface area contributed by atoms with Crippen LogP contribution in [0.25, 0.3) is 0 Å². The van der Waals surface area contributed by atoms with Gasteiger partial charge >= 0.3 is 0 Å². The van der Waals surface area contributed by atoms with E-state index in [1.165, 1.54) is 6.42 Å². The predicted molar refractivity (Wildman–Crippen MR) is 68.0 cm³/mol. The molecule has 17 heavy (non-hydrogen) atoms. The number of aryl methyl sites for hydroxylation is 1. The number of rotatable bonds is 4. The van der Waals surface area contributed by atoms with Crippen LogP contribution < -0.4 is 0 Å². The first kappa shape index (κ1) is 12.3. The SMILES string of the molecule is CCCn1nccc1C(=O)C1CCCC1(C)C. The number of Topliss-reactive ketones (excluding diaryl/α,β-unsaturated/α-hetero) is 1. The van der Waals surface area contributed by atoms with E-state index in [0.29, 0.717) is 5.78 Å². The van der Waals surface area contributed by atoms with Crippen LogP contribution in [0, 0.1) is 11.3 Å². The van der Waals surface area contributed by atoms with Gasteiger partial charge < -0.3 is 0 Å². The monoisotopic (exact) mass is 234 g/mol. The summed E-state index contributed by atoms with van der Waals surface area (Å²) in [5.74, 6) is 0.466. The molecule has 3 nitrogen and oxygen atoms in total. The predicted octanol–water partition coefficient (Wildman–Crippen LogP) is 3.30. The molecule has 0 bridgehead atoms. The van der Waals surface area contributed by atoms with Crippen molar-refractivity contribution in [3.63, 3.8) is 0 Å². The third-order valence-electron chi connectivity index (χ3n) is 3.98. The van der Waals surface area contributed by atoms with E-state index in [0.717, 1.165) is 31.5 Å². The normalized spacial score (nSPS) is 22.9. The molecule has 0 amide bonds. The summed E-state index contributed by atoms with van der Waals surface area (Å²) in [5, 5.41) is 4.24. The van der Waals surface area contributed by atoms with Crippen LogP contribution in [-0.4, -0.2) is 15.6 Å². The van der Waals surface area contributed by atoms with Gasteiger partial charge in [0.15, 0.2) is 5.78 Å². The van der Waals surface area contributed by atoms with Gasteiger partial charge in [-0.3, -0.25) is 9.48 Å². The average molecular weight is 234 g/mol. The summed E-state index contributed by atoms with van der Waals surface area (Å²) in [6.45, 7) is 7.36. The molecule has 0 radical (unpaired) electrons. The first-order valence-electron chi connectivity index (χ1n) is 6.62. The number of ketones is 1. The molecule has 1 aliphatic carbocycles. The fourth-order valence-electron chi connectivity index (χ4n) is 2.92. The van der Waals surface area contributed by atoms with E-state index in [1.807, 2.05) is 10.7 Å². The molecule has 1 aromatic heterocycles.